The molecule has 0 saturated carbocycles. The van der Waals surface area contributed by atoms with Crippen molar-refractivity contribution in [3.05, 3.63) is 58.8 Å². The Balaban J connectivity index is 1.58. The van der Waals surface area contributed by atoms with Crippen LogP contribution in [0.25, 0.3) is 0 Å². The molecule has 0 bridgehead atoms. The van der Waals surface area contributed by atoms with E-state index in [-0.39, 0.29) is 24.2 Å². The van der Waals surface area contributed by atoms with Crippen molar-refractivity contribution in [2.75, 3.05) is 0 Å². The smallest absolute Gasteiger partial charge is 0.315 e. The average molecular weight is 313 g/mol. The van der Waals surface area contributed by atoms with Gasteiger partial charge in [0.15, 0.2) is 0 Å². The van der Waals surface area contributed by atoms with E-state index in [1.807, 2.05) is 12.1 Å². The van der Waals surface area contributed by atoms with Crippen LogP contribution < -0.4 is 10.6 Å². The number of nitriles is 1. The zero-order chi connectivity index (χ0) is 16.2. The Morgan fingerprint density at radius 3 is 3.09 bits per heavy atom. The van der Waals surface area contributed by atoms with Crippen LogP contribution in [-0.4, -0.2) is 6.03 Å². The summed E-state index contributed by atoms with van der Waals surface area (Å²) in [6, 6.07) is 7.50. The second kappa shape index (κ2) is 6.53. The third kappa shape index (κ3) is 3.34. The van der Waals surface area contributed by atoms with Crippen molar-refractivity contribution in [1.82, 2.24) is 10.6 Å². The van der Waals surface area contributed by atoms with Crippen LogP contribution in [0.1, 0.15) is 41.3 Å². The van der Waals surface area contributed by atoms with Crippen molar-refractivity contribution < 1.29 is 13.6 Å². The van der Waals surface area contributed by atoms with Gasteiger partial charge in [0.25, 0.3) is 0 Å². The van der Waals surface area contributed by atoms with E-state index in [4.69, 9.17) is 9.68 Å². The number of amides is 2. The van der Waals surface area contributed by atoms with E-state index in [0.29, 0.717) is 5.56 Å². The Labute approximate surface area is 133 Å². The predicted octanol–water partition coefficient (Wildman–Crippen LogP) is 3.17. The molecule has 0 aliphatic heterocycles. The molecule has 0 radical (unpaired) electrons. The van der Waals surface area contributed by atoms with Gasteiger partial charge in [0.05, 0.1) is 23.9 Å². The lowest BCUT2D eigenvalue weighted by atomic mass is 9.93. The quantitative estimate of drug-likeness (QED) is 0.913. The van der Waals surface area contributed by atoms with Crippen molar-refractivity contribution in [2.24, 2.45) is 0 Å². The maximum atomic E-state index is 13.8. The Hall–Kier alpha value is -2.81. The van der Waals surface area contributed by atoms with Gasteiger partial charge < -0.3 is 15.1 Å². The van der Waals surface area contributed by atoms with Crippen LogP contribution in [0.15, 0.2) is 34.9 Å². The zero-order valence-electron chi connectivity index (χ0n) is 12.4. The number of benzene rings is 1. The number of carbonyl (C=O) groups is 1. The van der Waals surface area contributed by atoms with Gasteiger partial charge in [-0.3, -0.25) is 0 Å². The van der Waals surface area contributed by atoms with Gasteiger partial charge in [-0.15, -0.1) is 0 Å². The standard InChI is InChI=1S/C17H16FN3O2/c18-14-8-11(9-19)4-5-12(14)10-20-17(22)21-15-2-1-3-16-13(15)6-7-23-16/h4-8,15H,1-3,10H2,(H2,20,21,22). The molecule has 1 unspecified atom stereocenters. The molecule has 0 fully saturated rings. The zero-order valence-corrected chi connectivity index (χ0v) is 12.4. The SMILES string of the molecule is N#Cc1ccc(CNC(=O)NC2CCCc3occc32)c(F)c1. The molecule has 5 nitrogen and oxygen atoms in total. The summed E-state index contributed by atoms with van der Waals surface area (Å²) in [7, 11) is 0. The predicted molar refractivity (Wildman–Crippen MR) is 80.9 cm³/mol. The highest BCUT2D eigenvalue weighted by Crippen LogP contribution is 2.30. The second-order valence-corrected chi connectivity index (χ2v) is 5.49. The normalized spacial score (nSPS) is 16.3. The van der Waals surface area contributed by atoms with Crippen molar-refractivity contribution in [3.63, 3.8) is 0 Å². The van der Waals surface area contributed by atoms with Crippen LogP contribution in [0.3, 0.4) is 0 Å². The van der Waals surface area contributed by atoms with Crippen LogP contribution in [0, 0.1) is 17.1 Å². The third-order valence-electron chi connectivity index (χ3n) is 3.98. The number of halogens is 1. The molecule has 1 atom stereocenters. The number of furan rings is 1. The number of hydrogen-bond donors (Lipinski definition) is 2. The fraction of sp³-hybridized carbons (Fsp3) is 0.294. The number of aryl methyl sites for hydroxylation is 1. The van der Waals surface area contributed by atoms with Gasteiger partial charge in [0.2, 0.25) is 0 Å². The van der Waals surface area contributed by atoms with Gasteiger partial charge >= 0.3 is 6.03 Å². The summed E-state index contributed by atoms with van der Waals surface area (Å²) in [4.78, 5) is 12.0. The summed E-state index contributed by atoms with van der Waals surface area (Å²) in [5.41, 5.74) is 1.60. The van der Waals surface area contributed by atoms with Crippen molar-refractivity contribution in [2.45, 2.75) is 31.8 Å². The minimum Gasteiger partial charge on any atom is -0.469 e. The first kappa shape index (κ1) is 15.1. The number of carbonyl (C=O) groups excluding carboxylic acids is 1. The van der Waals surface area contributed by atoms with Crippen molar-refractivity contribution in [1.29, 1.82) is 5.26 Å². The summed E-state index contributed by atoms with van der Waals surface area (Å²) in [6.07, 6.45) is 4.33. The highest BCUT2D eigenvalue weighted by Gasteiger charge is 2.23. The average Bonchev–Trinajstić information content (AvgIpc) is 3.03. The fourth-order valence-corrected chi connectivity index (χ4v) is 2.78. The Morgan fingerprint density at radius 1 is 1.43 bits per heavy atom. The minimum atomic E-state index is -0.501. The summed E-state index contributed by atoms with van der Waals surface area (Å²) < 4.78 is 19.2. The summed E-state index contributed by atoms with van der Waals surface area (Å²) in [6.45, 7) is 0.0638. The lowest BCUT2D eigenvalue weighted by molar-refractivity contribution is 0.234. The van der Waals surface area contributed by atoms with Crippen LogP contribution in [-0.2, 0) is 13.0 Å². The first-order chi connectivity index (χ1) is 11.2. The van der Waals surface area contributed by atoms with E-state index >= 15 is 0 Å². The summed E-state index contributed by atoms with van der Waals surface area (Å²) >= 11 is 0. The molecule has 2 N–H and O–H groups in total. The Bertz CT molecular complexity index is 763. The number of rotatable bonds is 3. The topological polar surface area (TPSA) is 78.1 Å². The molecule has 1 aromatic heterocycles. The highest BCUT2D eigenvalue weighted by atomic mass is 19.1. The molecule has 3 rings (SSSR count). The molecule has 1 heterocycles. The maximum Gasteiger partial charge on any atom is 0.315 e. The largest absolute Gasteiger partial charge is 0.469 e. The lowest BCUT2D eigenvalue weighted by Crippen LogP contribution is -2.38. The fourth-order valence-electron chi connectivity index (χ4n) is 2.78. The maximum absolute atomic E-state index is 13.8. The van der Waals surface area contributed by atoms with Gasteiger partial charge in [0.1, 0.15) is 11.6 Å². The van der Waals surface area contributed by atoms with Crippen LogP contribution in [0.5, 0.6) is 0 Å². The summed E-state index contributed by atoms with van der Waals surface area (Å²) in [5, 5.41) is 14.2. The van der Waals surface area contributed by atoms with E-state index in [9.17, 15) is 9.18 Å². The van der Waals surface area contributed by atoms with Gasteiger partial charge in [-0.05, 0) is 31.0 Å². The number of urea groups is 1. The van der Waals surface area contributed by atoms with E-state index in [0.717, 1.165) is 36.7 Å². The third-order valence-corrected chi connectivity index (χ3v) is 3.98. The summed E-state index contributed by atoms with van der Waals surface area (Å²) in [5.74, 6) is 0.416. The first-order valence-corrected chi connectivity index (χ1v) is 7.46. The molecule has 0 spiro atoms. The minimum absolute atomic E-state index is 0.0638. The number of hydrogen-bond acceptors (Lipinski definition) is 3. The van der Waals surface area contributed by atoms with Gasteiger partial charge in [0, 0.05) is 24.1 Å². The molecule has 23 heavy (non-hydrogen) atoms. The molecule has 6 heteroatoms. The number of fused-ring (bicyclic) bond motifs is 1. The molecule has 118 valence electrons. The van der Waals surface area contributed by atoms with Crippen LogP contribution in [0.4, 0.5) is 9.18 Å². The molecule has 2 aromatic rings. The van der Waals surface area contributed by atoms with E-state index in [1.165, 1.54) is 12.1 Å². The Kier molecular flexibility index (Phi) is 4.29. The van der Waals surface area contributed by atoms with Gasteiger partial charge in [-0.25, -0.2) is 9.18 Å². The highest BCUT2D eigenvalue weighted by molar-refractivity contribution is 5.74. The first-order valence-electron chi connectivity index (χ1n) is 7.46. The second-order valence-electron chi connectivity index (χ2n) is 5.49. The Morgan fingerprint density at radius 2 is 2.30 bits per heavy atom. The molecule has 2 amide bonds. The molecule has 1 aromatic carbocycles. The van der Waals surface area contributed by atoms with Crippen molar-refractivity contribution >= 4 is 6.03 Å². The molecular formula is C17H16FN3O2. The molecule has 1 aliphatic carbocycles. The number of nitrogens with zero attached hydrogens (tertiary/aromatic N) is 1. The van der Waals surface area contributed by atoms with E-state index in [1.54, 1.807) is 6.26 Å². The molecular weight excluding hydrogens is 297 g/mol. The van der Waals surface area contributed by atoms with E-state index in [2.05, 4.69) is 10.6 Å². The number of nitrogens with one attached hydrogen (secondary N) is 2. The van der Waals surface area contributed by atoms with Gasteiger partial charge in [-0.1, -0.05) is 6.07 Å². The van der Waals surface area contributed by atoms with Crippen LogP contribution >= 0.6 is 0 Å². The lowest BCUT2D eigenvalue weighted by Gasteiger charge is -2.22. The monoisotopic (exact) mass is 313 g/mol. The van der Waals surface area contributed by atoms with Crippen LogP contribution in [0.2, 0.25) is 0 Å². The van der Waals surface area contributed by atoms with Gasteiger partial charge in [-0.2, -0.15) is 5.26 Å². The van der Waals surface area contributed by atoms with E-state index < -0.39 is 5.82 Å². The molecule has 0 saturated heterocycles. The van der Waals surface area contributed by atoms with Crippen molar-refractivity contribution in [3.8, 4) is 6.07 Å². The molecule has 1 aliphatic rings.